The number of anilines is 1. The number of fused-ring (bicyclic) bond motifs is 1. The van der Waals surface area contributed by atoms with E-state index >= 15 is 0 Å². The molecule has 0 aliphatic rings. The Morgan fingerprint density at radius 2 is 1.48 bits per heavy atom. The number of hydrogen-bond donors (Lipinski definition) is 3. The predicted octanol–water partition coefficient (Wildman–Crippen LogP) is 7.86. The van der Waals surface area contributed by atoms with Gasteiger partial charge in [0.05, 0.1) is 0 Å². The van der Waals surface area contributed by atoms with E-state index in [2.05, 4.69) is 22.9 Å². The lowest BCUT2D eigenvalue weighted by Crippen LogP contribution is -2.56. The van der Waals surface area contributed by atoms with Gasteiger partial charge in [-0.15, -0.1) is 0 Å². The van der Waals surface area contributed by atoms with E-state index in [1.54, 1.807) is 0 Å². The molecule has 2 aromatic carbocycles. The molecule has 4 nitrogen and oxygen atoms in total. The molecular formula is C25H34Cl3N3OS. The van der Waals surface area contributed by atoms with Gasteiger partial charge in [-0.3, -0.25) is 4.79 Å². The number of thiocarbonyl (C=S) groups is 1. The van der Waals surface area contributed by atoms with Crippen LogP contribution in [0.1, 0.15) is 71.1 Å². The molecule has 8 heteroatoms. The monoisotopic (exact) mass is 529 g/mol. The summed E-state index contributed by atoms with van der Waals surface area (Å²) in [6.07, 6.45) is 10.1. The van der Waals surface area contributed by atoms with Crippen molar-refractivity contribution in [2.45, 2.75) is 81.1 Å². The number of rotatable bonds is 13. The first kappa shape index (κ1) is 28.0. The summed E-state index contributed by atoms with van der Waals surface area (Å²) in [5, 5.41) is 11.2. The van der Waals surface area contributed by atoms with Crippen LogP contribution in [0.25, 0.3) is 10.8 Å². The maximum Gasteiger partial charge on any atom is 0.228 e. The molecule has 2 rings (SSSR count). The van der Waals surface area contributed by atoms with Gasteiger partial charge in [0.1, 0.15) is 6.17 Å². The number of benzene rings is 2. The summed E-state index contributed by atoms with van der Waals surface area (Å²) in [5.74, 6) is -0.172. The second-order valence-corrected chi connectivity index (χ2v) is 11.0. The lowest BCUT2D eigenvalue weighted by atomic mass is 10.1. The molecule has 0 fully saturated rings. The quantitative estimate of drug-likeness (QED) is 0.107. The Hall–Kier alpha value is -1.27. The Morgan fingerprint density at radius 3 is 2.15 bits per heavy atom. The molecule has 0 aliphatic carbocycles. The van der Waals surface area contributed by atoms with Gasteiger partial charge in [0.2, 0.25) is 9.70 Å². The number of carbonyl (C=O) groups excluding carboxylic acids is 1. The van der Waals surface area contributed by atoms with E-state index in [9.17, 15) is 4.79 Å². The largest absolute Gasteiger partial charge is 0.339 e. The van der Waals surface area contributed by atoms with Crippen LogP contribution in [-0.2, 0) is 4.79 Å². The minimum atomic E-state index is -1.77. The molecule has 0 spiro atoms. The third-order valence-corrected chi connectivity index (χ3v) is 6.33. The number of carbonyl (C=O) groups is 1. The highest BCUT2D eigenvalue weighted by molar-refractivity contribution is 7.80. The van der Waals surface area contributed by atoms with Crippen LogP contribution in [0.4, 0.5) is 5.69 Å². The summed E-state index contributed by atoms with van der Waals surface area (Å²) >= 11 is 23.7. The van der Waals surface area contributed by atoms with Crippen molar-refractivity contribution in [2.24, 2.45) is 0 Å². The molecule has 3 N–H and O–H groups in total. The summed E-state index contributed by atoms with van der Waals surface area (Å²) < 4.78 is -1.77. The van der Waals surface area contributed by atoms with E-state index in [1.807, 2.05) is 42.5 Å². The fourth-order valence-corrected chi connectivity index (χ4v) is 4.21. The first-order valence-electron chi connectivity index (χ1n) is 11.7. The second kappa shape index (κ2) is 14.9. The maximum absolute atomic E-state index is 12.4. The highest BCUT2D eigenvalue weighted by Gasteiger charge is 2.34. The number of unbranched alkanes of at least 4 members (excludes halogenated alkanes) is 8. The zero-order valence-electron chi connectivity index (χ0n) is 19.1. The van der Waals surface area contributed by atoms with E-state index in [0.29, 0.717) is 6.42 Å². The molecule has 1 atom stereocenters. The summed E-state index contributed by atoms with van der Waals surface area (Å²) in [4.78, 5) is 12.4. The third kappa shape index (κ3) is 10.7. The fraction of sp³-hybridized carbons (Fsp3) is 0.520. The molecule has 0 bridgehead atoms. The molecule has 0 radical (unpaired) electrons. The van der Waals surface area contributed by atoms with Crippen molar-refractivity contribution < 1.29 is 4.79 Å². The first-order valence-corrected chi connectivity index (χ1v) is 13.3. The zero-order chi connectivity index (χ0) is 24.1. The molecule has 1 amide bonds. The van der Waals surface area contributed by atoms with Crippen molar-refractivity contribution in [3.63, 3.8) is 0 Å². The van der Waals surface area contributed by atoms with Crippen LogP contribution in [0.5, 0.6) is 0 Å². The van der Waals surface area contributed by atoms with E-state index in [-0.39, 0.29) is 11.0 Å². The Kier molecular flexibility index (Phi) is 12.6. The molecule has 0 unspecified atom stereocenters. The minimum Gasteiger partial charge on any atom is -0.339 e. The second-order valence-electron chi connectivity index (χ2n) is 8.25. The van der Waals surface area contributed by atoms with E-state index < -0.39 is 9.96 Å². The van der Waals surface area contributed by atoms with Crippen LogP contribution in [-0.4, -0.2) is 21.0 Å². The molecule has 0 aliphatic heterocycles. The Balaban J connectivity index is 1.78. The number of hydrogen-bond acceptors (Lipinski definition) is 2. The molecule has 0 saturated heterocycles. The van der Waals surface area contributed by atoms with Gasteiger partial charge in [-0.2, -0.15) is 0 Å². The lowest BCUT2D eigenvalue weighted by Gasteiger charge is -2.28. The standard InChI is InChI=1S/C25H34Cl3N3OS/c1-2-3-4-5-6-7-8-9-10-18-22(32)30-23(25(26,27)28)31-24(33)29-21-17-13-15-19-14-11-12-16-20(19)21/h11-17,23H,2-10,18H2,1H3,(H,30,32)(H2,29,31,33)/t23-/m1/s1. The molecule has 0 heterocycles. The summed E-state index contributed by atoms with van der Waals surface area (Å²) in [7, 11) is 0. The molecule has 2 aromatic rings. The van der Waals surface area contributed by atoms with Crippen molar-refractivity contribution in [3.05, 3.63) is 42.5 Å². The fourth-order valence-electron chi connectivity index (χ4n) is 3.65. The number of amides is 1. The third-order valence-electron chi connectivity index (χ3n) is 5.45. The molecule has 0 saturated carbocycles. The summed E-state index contributed by atoms with van der Waals surface area (Å²) in [6, 6.07) is 13.8. The van der Waals surface area contributed by atoms with Crippen molar-refractivity contribution in [3.8, 4) is 0 Å². The van der Waals surface area contributed by atoms with Gasteiger partial charge in [-0.25, -0.2) is 0 Å². The van der Waals surface area contributed by atoms with Crippen molar-refractivity contribution >= 4 is 74.5 Å². The Bertz CT molecular complexity index is 883. The van der Waals surface area contributed by atoms with Crippen molar-refractivity contribution in [1.82, 2.24) is 10.6 Å². The first-order chi connectivity index (χ1) is 15.8. The smallest absolute Gasteiger partial charge is 0.228 e. The van der Waals surface area contributed by atoms with E-state index in [0.717, 1.165) is 35.7 Å². The van der Waals surface area contributed by atoms with E-state index in [1.165, 1.54) is 38.5 Å². The molecule has 33 heavy (non-hydrogen) atoms. The van der Waals surface area contributed by atoms with Crippen LogP contribution >= 0.6 is 47.0 Å². The van der Waals surface area contributed by atoms with Gasteiger partial charge in [0.15, 0.2) is 5.11 Å². The highest BCUT2D eigenvalue weighted by Crippen LogP contribution is 2.29. The zero-order valence-corrected chi connectivity index (χ0v) is 22.2. The minimum absolute atomic E-state index is 0.172. The molecular weight excluding hydrogens is 497 g/mol. The van der Waals surface area contributed by atoms with Gasteiger partial charge in [-0.1, -0.05) is 129 Å². The van der Waals surface area contributed by atoms with Gasteiger partial charge in [0, 0.05) is 17.5 Å². The number of halogens is 3. The van der Waals surface area contributed by atoms with Gasteiger partial charge < -0.3 is 16.0 Å². The topological polar surface area (TPSA) is 53.2 Å². The molecule has 0 aromatic heterocycles. The van der Waals surface area contributed by atoms with Crippen molar-refractivity contribution in [1.29, 1.82) is 0 Å². The molecule has 182 valence electrons. The number of nitrogens with one attached hydrogen (secondary N) is 3. The Labute approximate surface area is 218 Å². The van der Waals surface area contributed by atoms with Gasteiger partial charge >= 0.3 is 0 Å². The van der Waals surface area contributed by atoms with Gasteiger partial charge in [-0.05, 0) is 30.1 Å². The van der Waals surface area contributed by atoms with E-state index in [4.69, 9.17) is 47.0 Å². The SMILES string of the molecule is CCCCCCCCCCCC(=O)N[C@H](NC(=S)Nc1cccc2ccccc12)C(Cl)(Cl)Cl. The van der Waals surface area contributed by atoms with Crippen molar-refractivity contribution in [2.75, 3.05) is 5.32 Å². The number of alkyl halides is 3. The van der Waals surface area contributed by atoms with Crippen LogP contribution in [0, 0.1) is 0 Å². The summed E-state index contributed by atoms with van der Waals surface area (Å²) in [6.45, 7) is 2.23. The van der Waals surface area contributed by atoms with Crippen LogP contribution in [0.15, 0.2) is 42.5 Å². The van der Waals surface area contributed by atoms with Gasteiger partial charge in [0.25, 0.3) is 0 Å². The Morgan fingerprint density at radius 1 is 0.879 bits per heavy atom. The predicted molar refractivity (Wildman–Crippen MR) is 147 cm³/mol. The average Bonchev–Trinajstić information content (AvgIpc) is 2.77. The normalized spacial score (nSPS) is 12.4. The maximum atomic E-state index is 12.4. The van der Waals surface area contributed by atoms with Crippen LogP contribution in [0.3, 0.4) is 0 Å². The highest BCUT2D eigenvalue weighted by atomic mass is 35.6. The van der Waals surface area contributed by atoms with Crippen LogP contribution < -0.4 is 16.0 Å². The van der Waals surface area contributed by atoms with Crippen LogP contribution in [0.2, 0.25) is 0 Å². The summed E-state index contributed by atoms with van der Waals surface area (Å²) in [5.41, 5.74) is 0.828. The average molecular weight is 531 g/mol. The lowest BCUT2D eigenvalue weighted by molar-refractivity contribution is -0.122.